The molecule has 2 rings (SSSR count). The number of aromatic nitrogens is 1. The third-order valence-electron chi connectivity index (χ3n) is 3.51. The second-order valence-corrected chi connectivity index (χ2v) is 7.48. The predicted octanol–water partition coefficient (Wildman–Crippen LogP) is 5.47. The van der Waals surface area contributed by atoms with E-state index in [0.717, 1.165) is 5.75 Å². The number of nitrogens with zero attached hydrogens (tertiary/aromatic N) is 1. The van der Waals surface area contributed by atoms with Crippen molar-refractivity contribution in [1.29, 1.82) is 0 Å². The minimum absolute atomic E-state index is 0.0192. The molecule has 2 heteroatoms. The minimum Gasteiger partial charge on any atom is -0.439 e. The summed E-state index contributed by atoms with van der Waals surface area (Å²) in [7, 11) is 0. The van der Waals surface area contributed by atoms with E-state index < -0.39 is 0 Å². The first-order chi connectivity index (χ1) is 9.68. The number of rotatable bonds is 2. The fourth-order valence-electron chi connectivity index (χ4n) is 2.19. The minimum atomic E-state index is 0.0192. The number of ether oxygens (including phenoxy) is 1. The van der Waals surface area contributed by atoms with Gasteiger partial charge in [0.2, 0.25) is 5.88 Å². The van der Waals surface area contributed by atoms with E-state index in [9.17, 15) is 0 Å². The van der Waals surface area contributed by atoms with Crippen molar-refractivity contribution in [3.05, 3.63) is 53.7 Å². The van der Waals surface area contributed by atoms with E-state index in [2.05, 4.69) is 64.7 Å². The highest BCUT2D eigenvalue weighted by Crippen LogP contribution is 2.37. The quantitative estimate of drug-likeness (QED) is 0.729. The van der Waals surface area contributed by atoms with E-state index in [1.807, 2.05) is 18.2 Å². The first-order valence-corrected chi connectivity index (χ1v) is 7.42. The van der Waals surface area contributed by atoms with Crippen molar-refractivity contribution in [2.24, 2.45) is 0 Å². The van der Waals surface area contributed by atoms with Crippen LogP contribution in [-0.2, 0) is 10.8 Å². The average molecular weight is 283 g/mol. The van der Waals surface area contributed by atoms with Crippen LogP contribution < -0.4 is 4.74 Å². The summed E-state index contributed by atoms with van der Waals surface area (Å²) in [5.74, 6) is 1.51. The molecule has 0 atom stereocenters. The van der Waals surface area contributed by atoms with Gasteiger partial charge >= 0.3 is 0 Å². The van der Waals surface area contributed by atoms with Crippen molar-refractivity contribution in [1.82, 2.24) is 4.98 Å². The smallest absolute Gasteiger partial charge is 0.219 e. The number of hydrogen-bond acceptors (Lipinski definition) is 2. The van der Waals surface area contributed by atoms with Gasteiger partial charge in [0.15, 0.2) is 0 Å². The molecule has 0 N–H and O–H groups in total. The standard InChI is InChI=1S/C19H25NO/c1-18(2,3)14-10-11-16(15(13-14)19(4,5)6)21-17-9-7-8-12-20-17/h7-13H,1-6H3. The lowest BCUT2D eigenvalue weighted by atomic mass is 9.80. The van der Waals surface area contributed by atoms with Crippen LogP contribution in [0.3, 0.4) is 0 Å². The number of hydrogen-bond donors (Lipinski definition) is 0. The highest BCUT2D eigenvalue weighted by molar-refractivity contribution is 5.44. The molecular weight excluding hydrogens is 258 g/mol. The van der Waals surface area contributed by atoms with Crippen LogP contribution in [0.4, 0.5) is 0 Å². The van der Waals surface area contributed by atoms with Crippen LogP contribution in [0.2, 0.25) is 0 Å². The lowest BCUT2D eigenvalue weighted by Gasteiger charge is -2.27. The summed E-state index contributed by atoms with van der Waals surface area (Å²) < 4.78 is 5.99. The topological polar surface area (TPSA) is 22.1 Å². The summed E-state index contributed by atoms with van der Waals surface area (Å²) in [6.07, 6.45) is 1.75. The van der Waals surface area contributed by atoms with Gasteiger partial charge < -0.3 is 4.74 Å². The molecule has 0 fully saturated rings. The molecule has 0 radical (unpaired) electrons. The molecule has 0 saturated carbocycles. The van der Waals surface area contributed by atoms with Gasteiger partial charge in [-0.1, -0.05) is 59.7 Å². The summed E-state index contributed by atoms with van der Waals surface area (Å²) in [6, 6.07) is 12.2. The van der Waals surface area contributed by atoms with Gasteiger partial charge in [-0.2, -0.15) is 0 Å². The van der Waals surface area contributed by atoms with Crippen LogP contribution in [0.1, 0.15) is 52.7 Å². The average Bonchev–Trinajstić information content (AvgIpc) is 2.38. The van der Waals surface area contributed by atoms with Gasteiger partial charge in [0.25, 0.3) is 0 Å². The van der Waals surface area contributed by atoms with E-state index in [0.29, 0.717) is 5.88 Å². The molecule has 0 unspecified atom stereocenters. The molecule has 2 nitrogen and oxygen atoms in total. The van der Waals surface area contributed by atoms with Gasteiger partial charge in [-0.25, -0.2) is 4.98 Å². The Morgan fingerprint density at radius 1 is 0.857 bits per heavy atom. The molecule has 0 bridgehead atoms. The highest BCUT2D eigenvalue weighted by Gasteiger charge is 2.23. The second-order valence-electron chi connectivity index (χ2n) is 7.48. The zero-order chi connectivity index (χ0) is 15.7. The molecule has 1 aromatic carbocycles. The Morgan fingerprint density at radius 2 is 1.57 bits per heavy atom. The zero-order valence-corrected chi connectivity index (χ0v) is 13.9. The summed E-state index contributed by atoms with van der Waals surface area (Å²) in [6.45, 7) is 13.3. The van der Waals surface area contributed by atoms with Crippen LogP contribution in [0.15, 0.2) is 42.6 Å². The largest absolute Gasteiger partial charge is 0.439 e. The molecular formula is C19H25NO. The fourth-order valence-corrected chi connectivity index (χ4v) is 2.19. The first kappa shape index (κ1) is 15.6. The third-order valence-corrected chi connectivity index (χ3v) is 3.51. The van der Waals surface area contributed by atoms with Crippen LogP contribution in [-0.4, -0.2) is 4.98 Å². The highest BCUT2D eigenvalue weighted by atomic mass is 16.5. The maximum absolute atomic E-state index is 5.99. The van der Waals surface area contributed by atoms with Crippen molar-refractivity contribution in [3.63, 3.8) is 0 Å². The lowest BCUT2D eigenvalue weighted by molar-refractivity contribution is 0.438. The number of pyridine rings is 1. The Bertz CT molecular complexity index is 604. The van der Waals surface area contributed by atoms with E-state index in [4.69, 9.17) is 4.74 Å². The molecule has 0 aliphatic carbocycles. The van der Waals surface area contributed by atoms with Gasteiger partial charge in [0.1, 0.15) is 5.75 Å². The van der Waals surface area contributed by atoms with Crippen molar-refractivity contribution < 1.29 is 4.74 Å². The molecule has 0 aliphatic heterocycles. The van der Waals surface area contributed by atoms with Crippen molar-refractivity contribution >= 4 is 0 Å². The monoisotopic (exact) mass is 283 g/mol. The molecule has 112 valence electrons. The van der Waals surface area contributed by atoms with E-state index in [1.165, 1.54) is 11.1 Å². The summed E-state index contributed by atoms with van der Waals surface area (Å²) in [5.41, 5.74) is 2.68. The normalized spacial score (nSPS) is 12.3. The summed E-state index contributed by atoms with van der Waals surface area (Å²) in [5, 5.41) is 0. The maximum Gasteiger partial charge on any atom is 0.219 e. The molecule has 1 aromatic heterocycles. The Morgan fingerprint density at radius 3 is 2.10 bits per heavy atom. The predicted molar refractivity (Wildman–Crippen MR) is 88.2 cm³/mol. The Balaban J connectivity index is 2.46. The Hall–Kier alpha value is -1.83. The molecule has 21 heavy (non-hydrogen) atoms. The van der Waals surface area contributed by atoms with Crippen molar-refractivity contribution in [3.8, 4) is 11.6 Å². The fraction of sp³-hybridized carbons (Fsp3) is 0.421. The second kappa shape index (κ2) is 5.51. The lowest BCUT2D eigenvalue weighted by Crippen LogP contribution is -2.17. The van der Waals surface area contributed by atoms with Crippen LogP contribution >= 0.6 is 0 Å². The molecule has 0 aliphatic rings. The molecule has 0 saturated heterocycles. The van der Waals surface area contributed by atoms with Crippen LogP contribution in [0.5, 0.6) is 11.6 Å². The van der Waals surface area contributed by atoms with Crippen LogP contribution in [0, 0.1) is 0 Å². The van der Waals surface area contributed by atoms with E-state index >= 15 is 0 Å². The molecule has 1 heterocycles. The maximum atomic E-state index is 5.99. The van der Waals surface area contributed by atoms with Gasteiger partial charge in [0.05, 0.1) is 0 Å². The summed E-state index contributed by atoms with van der Waals surface area (Å²) >= 11 is 0. The van der Waals surface area contributed by atoms with Crippen molar-refractivity contribution in [2.75, 3.05) is 0 Å². The van der Waals surface area contributed by atoms with Gasteiger partial charge in [0, 0.05) is 17.8 Å². The Labute approximate surface area is 128 Å². The summed E-state index contributed by atoms with van der Waals surface area (Å²) in [4.78, 5) is 4.25. The van der Waals surface area contributed by atoms with Crippen molar-refractivity contribution in [2.45, 2.75) is 52.4 Å². The van der Waals surface area contributed by atoms with Gasteiger partial charge in [-0.15, -0.1) is 0 Å². The van der Waals surface area contributed by atoms with Gasteiger partial charge in [-0.05, 0) is 28.5 Å². The SMILES string of the molecule is CC(C)(C)c1ccc(Oc2ccccn2)c(C(C)(C)C)c1. The van der Waals surface area contributed by atoms with E-state index in [1.54, 1.807) is 6.20 Å². The molecule has 2 aromatic rings. The van der Waals surface area contributed by atoms with Crippen LogP contribution in [0.25, 0.3) is 0 Å². The molecule has 0 spiro atoms. The Kier molecular flexibility index (Phi) is 4.08. The van der Waals surface area contributed by atoms with E-state index in [-0.39, 0.29) is 10.8 Å². The molecule has 0 amide bonds. The number of benzene rings is 1. The first-order valence-electron chi connectivity index (χ1n) is 7.42. The third kappa shape index (κ3) is 3.84. The van der Waals surface area contributed by atoms with Gasteiger partial charge in [-0.3, -0.25) is 0 Å². The zero-order valence-electron chi connectivity index (χ0n) is 13.9.